The number of aromatic hydroxyl groups is 5. The van der Waals surface area contributed by atoms with E-state index in [0.717, 1.165) is 6.42 Å². The van der Waals surface area contributed by atoms with E-state index in [2.05, 4.69) is 0 Å². The maximum Gasteiger partial charge on any atom is 0.335 e. The molecule has 2 aromatic rings. The summed E-state index contributed by atoms with van der Waals surface area (Å²) in [5.74, 6) is -3.28. The minimum absolute atomic E-state index is 0.0875. The highest BCUT2D eigenvalue weighted by molar-refractivity contribution is 5.72. The summed E-state index contributed by atoms with van der Waals surface area (Å²) >= 11 is 0. The van der Waals surface area contributed by atoms with E-state index in [4.69, 9.17) is 125 Å². The predicted molar refractivity (Wildman–Crippen MR) is 206 cm³/mol. The molecule has 3 rings (SSSR count). The summed E-state index contributed by atoms with van der Waals surface area (Å²) in [6, 6.07) is 7.90. The Kier molecular flexibility index (Phi) is 32.2. The third kappa shape index (κ3) is 23.2. The Morgan fingerprint density at radius 2 is 1.12 bits per heavy atom. The lowest BCUT2D eigenvalue weighted by atomic mass is 10.0. The SMILES string of the molecule is NC(CO)(CO)CO.NC1CC[C@H](O)[C@@H]1O.NCC(O)C(O)C(O)CO.NCC(O)c1ccc(O)c(O)c1.O=C(O)C(O)C(O)C(O)C(O)CO.Oc1cccc(O)c1O. The molecule has 29 N–H and O–H groups in total. The van der Waals surface area contributed by atoms with Crippen molar-refractivity contribution < 1.29 is 112 Å². The van der Waals surface area contributed by atoms with Crippen LogP contribution >= 0.6 is 0 Å². The highest BCUT2D eigenvalue weighted by atomic mass is 16.4. The average Bonchev–Trinajstić information content (AvgIpc) is 3.55. The van der Waals surface area contributed by atoms with Gasteiger partial charge in [-0.05, 0) is 42.7 Å². The summed E-state index contributed by atoms with van der Waals surface area (Å²) in [4.78, 5) is 10.1. The number of carboxylic acid groups (broad SMARTS) is 1. The largest absolute Gasteiger partial charge is 0.504 e. The highest BCUT2D eigenvalue weighted by Gasteiger charge is 2.34. The van der Waals surface area contributed by atoms with Gasteiger partial charge in [-0.3, -0.25) is 0 Å². The number of rotatable bonds is 14. The summed E-state index contributed by atoms with van der Waals surface area (Å²) in [6.07, 6.45) is -12.4. The van der Waals surface area contributed by atoms with Gasteiger partial charge in [0.15, 0.2) is 34.9 Å². The van der Waals surface area contributed by atoms with Crippen LogP contribution in [0, 0.1) is 0 Å². The number of aliphatic hydroxyl groups excluding tert-OH is 15. The number of nitrogens with two attached hydrogens (primary N) is 4. The van der Waals surface area contributed by atoms with Crippen molar-refractivity contribution in [2.45, 2.75) is 85.5 Å². The number of phenolic OH excluding ortho intramolecular Hbond substituents is 5. The van der Waals surface area contributed by atoms with E-state index in [1.807, 2.05) is 0 Å². The van der Waals surface area contributed by atoms with Crippen molar-refractivity contribution >= 4 is 5.97 Å². The van der Waals surface area contributed by atoms with E-state index in [1.165, 1.54) is 36.4 Å². The molecule has 1 fully saturated rings. The molecule has 11 atom stereocenters. The molecule has 0 aliphatic heterocycles. The van der Waals surface area contributed by atoms with E-state index >= 15 is 0 Å². The number of hydrogen-bond acceptors (Lipinski definition) is 25. The van der Waals surface area contributed by atoms with Gasteiger partial charge in [0.2, 0.25) is 0 Å². The van der Waals surface area contributed by atoms with E-state index in [-0.39, 0.29) is 42.1 Å². The number of aliphatic carboxylic acids is 1. The molecule has 0 amide bonds. The lowest BCUT2D eigenvalue weighted by Gasteiger charge is -2.23. The van der Waals surface area contributed by atoms with Crippen molar-refractivity contribution in [1.82, 2.24) is 0 Å². The average molecular weight is 881 g/mol. The molecule has 1 saturated carbocycles. The minimum atomic E-state index is -2.20. The van der Waals surface area contributed by atoms with Crippen LogP contribution in [0.15, 0.2) is 36.4 Å². The van der Waals surface area contributed by atoms with Gasteiger partial charge in [-0.2, -0.15) is 0 Å². The van der Waals surface area contributed by atoms with Crippen molar-refractivity contribution in [3.63, 3.8) is 0 Å². The molecule has 0 heterocycles. The van der Waals surface area contributed by atoms with Crippen LogP contribution in [0.25, 0.3) is 0 Å². The Balaban J connectivity index is -0.000000656. The zero-order valence-corrected chi connectivity index (χ0v) is 32.3. The molecule has 1 aliphatic rings. The Morgan fingerprint density at radius 3 is 1.40 bits per heavy atom. The quantitative estimate of drug-likeness (QED) is 0.0783. The Labute approximate surface area is 343 Å². The monoisotopic (exact) mass is 880 g/mol. The number of benzene rings is 2. The van der Waals surface area contributed by atoms with Gasteiger partial charge in [0.25, 0.3) is 0 Å². The number of hydrogen-bond donors (Lipinski definition) is 25. The maximum absolute atomic E-state index is 10.1. The molecule has 26 nitrogen and oxygen atoms in total. The molecule has 0 spiro atoms. The van der Waals surface area contributed by atoms with E-state index < -0.39 is 111 Å². The zero-order valence-electron chi connectivity index (χ0n) is 32.3. The maximum atomic E-state index is 10.1. The first-order valence-corrected chi connectivity index (χ1v) is 17.6. The number of carbonyl (C=O) groups is 1. The normalized spacial score (nSPS) is 19.7. The number of aliphatic hydroxyl groups is 15. The lowest BCUT2D eigenvalue weighted by molar-refractivity contribution is -0.164. The molecule has 352 valence electrons. The third-order valence-corrected chi connectivity index (χ3v) is 7.90. The van der Waals surface area contributed by atoms with Crippen molar-refractivity contribution in [3.05, 3.63) is 42.0 Å². The second-order valence-electron chi connectivity index (χ2n) is 12.8. The molecule has 0 saturated heterocycles. The Bertz CT molecular complexity index is 1370. The lowest BCUT2D eigenvalue weighted by Crippen LogP contribution is -2.50. The molecule has 2 aromatic carbocycles. The minimum Gasteiger partial charge on any atom is -0.504 e. The van der Waals surface area contributed by atoms with Gasteiger partial charge in [-0.1, -0.05) is 12.1 Å². The van der Waals surface area contributed by atoms with Crippen molar-refractivity contribution in [2.24, 2.45) is 22.9 Å². The van der Waals surface area contributed by atoms with Crippen molar-refractivity contribution in [2.75, 3.05) is 46.1 Å². The molecule has 60 heavy (non-hydrogen) atoms. The van der Waals surface area contributed by atoms with Crippen LogP contribution < -0.4 is 22.9 Å². The second kappa shape index (κ2) is 31.9. The van der Waals surface area contributed by atoms with Crippen molar-refractivity contribution in [3.8, 4) is 28.7 Å². The zero-order chi connectivity index (χ0) is 47.5. The molecule has 0 bridgehead atoms. The number of carboxylic acids is 1. The highest BCUT2D eigenvalue weighted by Crippen LogP contribution is 2.32. The molecule has 26 heteroatoms. The van der Waals surface area contributed by atoms with Crippen LogP contribution in [0.5, 0.6) is 28.7 Å². The first-order valence-electron chi connectivity index (χ1n) is 17.6. The fraction of sp³-hybridized carbons (Fsp3) is 0.618. The summed E-state index contributed by atoms with van der Waals surface area (Å²) in [7, 11) is 0. The molecular weight excluding hydrogens is 816 g/mol. The van der Waals surface area contributed by atoms with Gasteiger partial charge in [0.05, 0.1) is 63.0 Å². The molecule has 1 aliphatic carbocycles. The number of para-hydroxylation sites is 1. The summed E-state index contributed by atoms with van der Waals surface area (Å²) in [5, 5.41) is 182. The summed E-state index contributed by atoms with van der Waals surface area (Å²) in [6.45, 7) is -2.69. The van der Waals surface area contributed by atoms with Gasteiger partial charge in [-0.25, -0.2) is 4.79 Å². The van der Waals surface area contributed by atoms with Gasteiger partial charge >= 0.3 is 5.97 Å². The van der Waals surface area contributed by atoms with Crippen LogP contribution in [0.4, 0.5) is 0 Å². The fourth-order valence-corrected chi connectivity index (χ4v) is 3.72. The van der Waals surface area contributed by atoms with Crippen LogP contribution in [-0.4, -0.2) is 226 Å². The molecule has 0 radical (unpaired) electrons. The smallest absolute Gasteiger partial charge is 0.335 e. The fourth-order valence-electron chi connectivity index (χ4n) is 3.72. The van der Waals surface area contributed by atoms with Crippen LogP contribution in [-0.2, 0) is 4.79 Å². The van der Waals surface area contributed by atoms with Crippen molar-refractivity contribution in [1.29, 1.82) is 0 Å². The van der Waals surface area contributed by atoms with Crippen LogP contribution in [0.3, 0.4) is 0 Å². The topological polar surface area (TPSA) is 546 Å². The molecule has 0 aromatic heterocycles. The molecular formula is C34H64N4O22. The summed E-state index contributed by atoms with van der Waals surface area (Å²) in [5.41, 5.74) is 20.0. The standard InChI is InChI=1S/C8H11NO3.C6H12O7.C6H6O3.C5H13NO4.C5H11NO2.C4H11NO3/c9-4-8(12)5-1-2-6(10)7(11)3-5;7-1-2(8)3(9)4(10)5(11)6(12)13;7-4-2-1-3-5(8)6(4)9;6-1-3(8)5(10)4(9)2-7;6-3-1-2-4(7)5(3)8;5-4(1-6,2-7)3-8/h1-3,8,10-12H,4,9H2;2-5,7-11H,1H2,(H,12,13);1-3,7-9H;3-5,7-10H,1-2,6H2;3-5,7-8H,1-2,6H2;6-8H,1-3,5H2/t;;;;3?,4-,5+;/m....0./s1. The number of phenols is 5. The van der Waals surface area contributed by atoms with Gasteiger partial charge in [0, 0.05) is 19.1 Å². The first-order chi connectivity index (χ1) is 27.8. The van der Waals surface area contributed by atoms with E-state index in [1.54, 1.807) is 0 Å². The van der Waals surface area contributed by atoms with Gasteiger partial charge < -0.3 is 130 Å². The second-order valence-corrected chi connectivity index (χ2v) is 12.8. The Morgan fingerprint density at radius 1 is 0.650 bits per heavy atom. The summed E-state index contributed by atoms with van der Waals surface area (Å²) < 4.78 is 0. The van der Waals surface area contributed by atoms with E-state index in [9.17, 15) is 9.90 Å². The van der Waals surface area contributed by atoms with Gasteiger partial charge in [-0.15, -0.1) is 0 Å². The van der Waals surface area contributed by atoms with Crippen LogP contribution in [0.1, 0.15) is 24.5 Å². The predicted octanol–water partition coefficient (Wildman–Crippen LogP) is -9.09. The third-order valence-electron chi connectivity index (χ3n) is 7.90. The van der Waals surface area contributed by atoms with E-state index in [0.29, 0.717) is 12.0 Å². The molecule has 9 unspecified atom stereocenters. The Hall–Kier alpha value is -3.85. The van der Waals surface area contributed by atoms with Gasteiger partial charge in [0.1, 0.15) is 30.5 Å². The van der Waals surface area contributed by atoms with Crippen LogP contribution in [0.2, 0.25) is 0 Å². The first kappa shape index (κ1) is 60.5.